The van der Waals surface area contributed by atoms with Gasteiger partial charge in [-0.25, -0.2) is 4.57 Å². The van der Waals surface area contributed by atoms with Gasteiger partial charge in [0, 0.05) is 13.0 Å². The highest BCUT2D eigenvalue weighted by atomic mass is 31.2. The highest BCUT2D eigenvalue weighted by Crippen LogP contribution is 2.47. The molecule has 430 valence electrons. The van der Waals surface area contributed by atoms with Gasteiger partial charge in [-0.1, -0.05) is 290 Å². The van der Waals surface area contributed by atoms with Gasteiger partial charge in [-0.15, -0.1) is 0 Å². The van der Waals surface area contributed by atoms with Crippen LogP contribution in [0.1, 0.15) is 309 Å². The molecule has 0 saturated heterocycles. The fourth-order valence-corrected chi connectivity index (χ4v) is 11.1. The van der Waals surface area contributed by atoms with Crippen LogP contribution in [0.5, 0.6) is 0 Å². The molecule has 6 N–H and O–H groups in total. The smallest absolute Gasteiger partial charge is 0.457 e. The number of aliphatic hydroxyl groups excluding tert-OH is 5. The van der Waals surface area contributed by atoms with Crippen molar-refractivity contribution in [2.45, 2.75) is 352 Å². The molecule has 1 aliphatic rings. The summed E-state index contributed by atoms with van der Waals surface area (Å²) in [7, 11) is -5.02. The highest BCUT2D eigenvalue weighted by Gasteiger charge is 2.51. The molecule has 0 aromatic rings. The Morgan fingerprint density at radius 3 is 0.958 bits per heavy atom. The fourth-order valence-electron chi connectivity index (χ4n) is 10.1. The molecule has 0 aromatic carbocycles. The Labute approximate surface area is 442 Å². The Kier molecular flexibility index (Phi) is 48.0. The Balaban J connectivity index is 2.18. The van der Waals surface area contributed by atoms with Crippen LogP contribution in [0.15, 0.2) is 0 Å². The first kappa shape index (κ1) is 69.4. The number of carbonyl (C=O) groups excluding carboxylic acids is 1. The van der Waals surface area contributed by atoms with E-state index in [1.807, 2.05) is 0 Å². The maximum Gasteiger partial charge on any atom is 0.472 e. The van der Waals surface area contributed by atoms with E-state index in [0.29, 0.717) is 13.0 Å². The van der Waals surface area contributed by atoms with Crippen molar-refractivity contribution in [3.63, 3.8) is 0 Å². The molecule has 1 rings (SSSR count). The normalized spacial score (nSPS) is 20.5. The van der Waals surface area contributed by atoms with Gasteiger partial charge in [0.2, 0.25) is 0 Å². The molecule has 0 aliphatic heterocycles. The van der Waals surface area contributed by atoms with Crippen molar-refractivity contribution in [2.75, 3.05) is 19.8 Å². The average Bonchev–Trinajstić information content (AvgIpc) is 3.37. The highest BCUT2D eigenvalue weighted by molar-refractivity contribution is 7.47. The molecule has 1 fully saturated rings. The number of hydrogen-bond donors (Lipinski definition) is 6. The van der Waals surface area contributed by atoms with Gasteiger partial charge >= 0.3 is 13.8 Å². The lowest BCUT2D eigenvalue weighted by Crippen LogP contribution is -2.64. The van der Waals surface area contributed by atoms with Crippen molar-refractivity contribution in [2.24, 2.45) is 0 Å². The zero-order chi connectivity index (χ0) is 52.6. The van der Waals surface area contributed by atoms with Gasteiger partial charge in [0.25, 0.3) is 0 Å². The minimum Gasteiger partial charge on any atom is -0.457 e. The van der Waals surface area contributed by atoms with Gasteiger partial charge in [-0.3, -0.25) is 13.8 Å². The minimum atomic E-state index is -5.02. The van der Waals surface area contributed by atoms with Crippen molar-refractivity contribution < 1.29 is 58.3 Å². The third-order valence-electron chi connectivity index (χ3n) is 15.0. The van der Waals surface area contributed by atoms with Gasteiger partial charge in [0.1, 0.15) is 42.7 Å². The van der Waals surface area contributed by atoms with Gasteiger partial charge in [0.05, 0.1) is 13.2 Å². The molecule has 0 heterocycles. The van der Waals surface area contributed by atoms with Crippen LogP contribution in [0.3, 0.4) is 0 Å². The van der Waals surface area contributed by atoms with E-state index in [1.165, 1.54) is 244 Å². The average molecular weight is 1050 g/mol. The summed E-state index contributed by atoms with van der Waals surface area (Å²) in [6, 6.07) is 0. The van der Waals surface area contributed by atoms with E-state index >= 15 is 0 Å². The van der Waals surface area contributed by atoms with Crippen LogP contribution in [0, 0.1) is 0 Å². The third-order valence-corrected chi connectivity index (χ3v) is 16.0. The van der Waals surface area contributed by atoms with Gasteiger partial charge in [-0.05, 0) is 12.8 Å². The van der Waals surface area contributed by atoms with Crippen LogP contribution in [-0.2, 0) is 27.9 Å². The second-order valence-corrected chi connectivity index (χ2v) is 23.3. The summed E-state index contributed by atoms with van der Waals surface area (Å²) in [5.41, 5.74) is 0. The van der Waals surface area contributed by atoms with Crippen LogP contribution < -0.4 is 0 Å². The second kappa shape index (κ2) is 49.9. The predicted molar refractivity (Wildman–Crippen MR) is 295 cm³/mol. The molecule has 12 nitrogen and oxygen atoms in total. The first-order valence-electron chi connectivity index (χ1n) is 30.9. The number of rotatable bonds is 55. The molecule has 72 heavy (non-hydrogen) atoms. The Morgan fingerprint density at radius 2 is 0.653 bits per heavy atom. The molecule has 0 aromatic heterocycles. The largest absolute Gasteiger partial charge is 0.472 e. The first-order chi connectivity index (χ1) is 35.0. The molecule has 13 heteroatoms. The number of unbranched alkanes of at least 4 members (excludes halogenated alkanes) is 43. The standard InChI is InChI=1S/C59H117O12P/c1-3-5-7-9-11-13-15-17-19-21-22-23-24-25-26-27-28-29-30-31-32-33-34-36-38-40-42-44-46-48-53(60)70-52(51-69-72(66,67)71-59-57(64)55(62)54(61)56(63)58(59)65)50-68-49-47-45-43-41-39-37-35-20-18-16-14-12-10-8-6-4-2/h52,54-59,61-65H,3-51H2,1-2H3,(H,66,67)/t52-,54?,55-,56?,57?,58?,59?/m1/s1. The molecule has 0 spiro atoms. The number of carbonyl (C=O) groups is 1. The van der Waals surface area contributed by atoms with Crippen molar-refractivity contribution in [3.8, 4) is 0 Å². The SMILES string of the molecule is CCCCCCCCCCCCCCCCCCCCCCCCCCCCCCCC(=O)O[C@H](COCCCCCCCCCCCCCCCCCC)COP(=O)(O)OC1C(O)C(O)C(O)[C@@H](O)C1O. The maximum atomic E-state index is 12.9. The lowest BCUT2D eigenvalue weighted by Gasteiger charge is -2.41. The zero-order valence-corrected chi connectivity index (χ0v) is 47.7. The van der Waals surface area contributed by atoms with Crippen LogP contribution in [0.2, 0.25) is 0 Å². The van der Waals surface area contributed by atoms with E-state index in [4.69, 9.17) is 18.5 Å². The molecule has 0 bridgehead atoms. The Hall–Kier alpha value is -0.660. The minimum absolute atomic E-state index is 0.0671. The van der Waals surface area contributed by atoms with Crippen LogP contribution in [0.4, 0.5) is 0 Å². The monoisotopic (exact) mass is 1050 g/mol. The number of aliphatic hydroxyl groups is 5. The first-order valence-corrected chi connectivity index (χ1v) is 32.4. The van der Waals surface area contributed by atoms with Crippen molar-refractivity contribution in [3.05, 3.63) is 0 Å². The van der Waals surface area contributed by atoms with Gasteiger partial charge in [-0.2, -0.15) is 0 Å². The summed E-state index contributed by atoms with van der Waals surface area (Å²) in [5.74, 6) is -0.466. The number of phosphoric ester groups is 1. The van der Waals surface area contributed by atoms with Crippen LogP contribution >= 0.6 is 7.82 Å². The fraction of sp³-hybridized carbons (Fsp3) is 0.983. The second-order valence-electron chi connectivity index (χ2n) is 21.9. The molecular weight excluding hydrogens is 932 g/mol. The van der Waals surface area contributed by atoms with Gasteiger partial charge in [0.15, 0.2) is 0 Å². The lowest BCUT2D eigenvalue weighted by molar-refractivity contribution is -0.220. The van der Waals surface area contributed by atoms with E-state index in [1.54, 1.807) is 0 Å². The van der Waals surface area contributed by atoms with E-state index in [2.05, 4.69) is 13.8 Å². The van der Waals surface area contributed by atoms with Crippen molar-refractivity contribution in [1.29, 1.82) is 0 Å². The molecule has 0 radical (unpaired) electrons. The molecule has 8 atom stereocenters. The molecule has 6 unspecified atom stereocenters. The molecular formula is C59H117O12P. The van der Waals surface area contributed by atoms with E-state index < -0.39 is 63.1 Å². The topological polar surface area (TPSA) is 192 Å². The number of hydrogen-bond acceptors (Lipinski definition) is 11. The van der Waals surface area contributed by atoms with Crippen molar-refractivity contribution >= 4 is 13.8 Å². The van der Waals surface area contributed by atoms with Crippen molar-refractivity contribution in [1.82, 2.24) is 0 Å². The number of phosphoric acid groups is 1. The van der Waals surface area contributed by atoms with E-state index in [-0.39, 0.29) is 13.0 Å². The quantitative estimate of drug-likeness (QED) is 0.0192. The molecule has 1 saturated carbocycles. The maximum absolute atomic E-state index is 12.9. The summed E-state index contributed by atoms with van der Waals surface area (Å²) < 4.78 is 34.4. The zero-order valence-electron chi connectivity index (χ0n) is 46.8. The number of esters is 1. The van der Waals surface area contributed by atoms with Gasteiger partial charge < -0.3 is 39.9 Å². The molecule has 0 amide bonds. The Bertz CT molecular complexity index is 1200. The summed E-state index contributed by atoms with van der Waals surface area (Å²) in [4.78, 5) is 23.3. The Morgan fingerprint density at radius 1 is 0.389 bits per heavy atom. The van der Waals surface area contributed by atoms with E-state index in [9.17, 15) is 39.8 Å². The van der Waals surface area contributed by atoms with Crippen LogP contribution in [-0.4, -0.2) is 98.9 Å². The summed E-state index contributed by atoms with van der Waals surface area (Å²) in [5, 5.41) is 50.4. The summed E-state index contributed by atoms with van der Waals surface area (Å²) >= 11 is 0. The molecule has 1 aliphatic carbocycles. The lowest BCUT2D eigenvalue weighted by atomic mass is 9.85. The van der Waals surface area contributed by atoms with Crippen LogP contribution in [0.25, 0.3) is 0 Å². The number of ether oxygens (including phenoxy) is 2. The summed E-state index contributed by atoms with van der Waals surface area (Å²) in [6.45, 7) is 4.35. The predicted octanol–water partition coefficient (Wildman–Crippen LogP) is 15.2. The summed E-state index contributed by atoms with van der Waals surface area (Å²) in [6.07, 6.45) is 46.2. The van der Waals surface area contributed by atoms with E-state index in [0.717, 1.165) is 38.5 Å². The third kappa shape index (κ3) is 40.6.